The number of nitrogens with zero attached hydrogens (tertiary/aromatic N) is 2. The monoisotopic (exact) mass is 536 g/mol. The number of rotatable bonds is 9. The largest absolute Gasteiger partial charge is 0.497 e. The number of benzene rings is 3. The number of anilines is 1. The summed E-state index contributed by atoms with van der Waals surface area (Å²) < 4.78 is 52.9. The van der Waals surface area contributed by atoms with Crippen molar-refractivity contribution >= 4 is 11.7 Å². The van der Waals surface area contributed by atoms with E-state index in [0.717, 1.165) is 16.7 Å². The fourth-order valence-electron chi connectivity index (χ4n) is 3.96. The van der Waals surface area contributed by atoms with Gasteiger partial charge in [0.05, 0.1) is 18.8 Å². The average Bonchev–Trinajstić information content (AvgIpc) is 2.91. The van der Waals surface area contributed by atoms with Crippen LogP contribution in [0, 0.1) is 0 Å². The first-order valence-electron chi connectivity index (χ1n) is 12.0. The molecule has 39 heavy (non-hydrogen) atoms. The maximum atomic E-state index is 14.1. The van der Waals surface area contributed by atoms with Crippen LogP contribution in [0.4, 0.5) is 19.1 Å². The van der Waals surface area contributed by atoms with Gasteiger partial charge in [0.25, 0.3) is 0 Å². The lowest BCUT2D eigenvalue weighted by Gasteiger charge is -2.22. The Hall–Kier alpha value is -4.44. The molecule has 4 aromatic rings. The van der Waals surface area contributed by atoms with E-state index < -0.39 is 18.3 Å². The van der Waals surface area contributed by atoms with E-state index in [2.05, 4.69) is 9.97 Å². The van der Waals surface area contributed by atoms with Crippen LogP contribution in [0.3, 0.4) is 0 Å². The first-order chi connectivity index (χ1) is 18.5. The number of hydrogen-bond acceptors (Lipinski definition) is 7. The predicted octanol–water partition coefficient (Wildman–Crippen LogP) is 5.54. The fraction of sp³-hybridized carbons (Fsp3) is 0.207. The highest BCUT2D eigenvalue weighted by Crippen LogP contribution is 2.38. The molecule has 0 amide bonds. The lowest BCUT2D eigenvalue weighted by Crippen LogP contribution is -2.30. The summed E-state index contributed by atoms with van der Waals surface area (Å²) in [5.41, 5.74) is 14.7. The van der Waals surface area contributed by atoms with Crippen LogP contribution in [-0.4, -0.2) is 35.1 Å². The Morgan fingerprint density at radius 2 is 1.59 bits per heavy atom. The van der Waals surface area contributed by atoms with Gasteiger partial charge in [0, 0.05) is 17.2 Å². The van der Waals surface area contributed by atoms with Crippen LogP contribution < -0.4 is 20.9 Å². The smallest absolute Gasteiger partial charge is 0.429 e. The van der Waals surface area contributed by atoms with E-state index in [1.807, 2.05) is 6.07 Å². The van der Waals surface area contributed by atoms with E-state index in [4.69, 9.17) is 20.9 Å². The Labute approximate surface area is 223 Å². The highest BCUT2D eigenvalue weighted by molar-refractivity contribution is 5.81. The van der Waals surface area contributed by atoms with Gasteiger partial charge in [-0.15, -0.1) is 0 Å². The van der Waals surface area contributed by atoms with Gasteiger partial charge in [0.1, 0.15) is 11.5 Å². The zero-order chi connectivity index (χ0) is 28.2. The highest BCUT2D eigenvalue weighted by Gasteiger charge is 2.43. The first kappa shape index (κ1) is 27.6. The number of Topliss-reactive ketones (excluding diaryl/α,β-unsaturated/α-hetero) is 1. The summed E-state index contributed by atoms with van der Waals surface area (Å²) in [6.45, 7) is 1.42. The maximum Gasteiger partial charge on any atom is 0.429 e. The van der Waals surface area contributed by atoms with Crippen molar-refractivity contribution in [2.75, 3.05) is 12.8 Å². The van der Waals surface area contributed by atoms with Crippen molar-refractivity contribution in [2.24, 2.45) is 5.73 Å². The van der Waals surface area contributed by atoms with Gasteiger partial charge >= 0.3 is 6.18 Å². The molecule has 4 rings (SSSR count). The summed E-state index contributed by atoms with van der Waals surface area (Å²) in [5, 5.41) is 0. The number of nitrogen functional groups attached to an aromatic ring is 1. The summed E-state index contributed by atoms with van der Waals surface area (Å²) in [6, 6.07) is 20.8. The van der Waals surface area contributed by atoms with E-state index in [1.54, 1.807) is 61.7 Å². The van der Waals surface area contributed by atoms with Gasteiger partial charge in [-0.25, -0.2) is 4.98 Å². The van der Waals surface area contributed by atoms with Crippen LogP contribution in [0.15, 0.2) is 78.9 Å². The van der Waals surface area contributed by atoms with Crippen molar-refractivity contribution < 1.29 is 27.4 Å². The molecular weight excluding hydrogens is 509 g/mol. The van der Waals surface area contributed by atoms with Crippen LogP contribution in [-0.2, 0) is 11.2 Å². The molecule has 0 aliphatic heterocycles. The molecule has 0 saturated carbocycles. The lowest BCUT2D eigenvalue weighted by atomic mass is 10.0. The number of hydrogen-bond donors (Lipinski definition) is 2. The molecule has 2 atom stereocenters. The molecule has 0 spiro atoms. The van der Waals surface area contributed by atoms with Crippen molar-refractivity contribution in [2.45, 2.75) is 31.7 Å². The average molecular weight is 537 g/mol. The number of nitrogens with two attached hydrogens (primary N) is 2. The number of methoxy groups -OCH3 is 1. The number of ether oxygens (including phenoxy) is 2. The molecule has 0 saturated heterocycles. The predicted molar refractivity (Wildman–Crippen MR) is 142 cm³/mol. The molecule has 0 unspecified atom stereocenters. The standard InChI is InChI=1S/C29H27F3N4O3/c1-17(37)24(33)14-18-6-8-20(9-7-18)25-16-26(36-28(34)35-25)39-27(29(30,31)32)21-12-10-19(11-13-21)22-4-3-5-23(15-22)38-2/h3-13,15-16,24,27H,14,33H2,1-2H3,(H2,34,35,36)/t24-,27+/m0/s1. The normalized spacial score (nSPS) is 13.0. The van der Waals surface area contributed by atoms with E-state index in [9.17, 15) is 18.0 Å². The van der Waals surface area contributed by atoms with Crippen molar-refractivity contribution in [3.8, 4) is 34.0 Å². The molecule has 202 valence electrons. The summed E-state index contributed by atoms with van der Waals surface area (Å²) in [4.78, 5) is 19.4. The van der Waals surface area contributed by atoms with Gasteiger partial charge in [-0.3, -0.25) is 4.79 Å². The Kier molecular flexibility index (Phi) is 8.15. The van der Waals surface area contributed by atoms with Gasteiger partial charge in [0.2, 0.25) is 17.9 Å². The molecule has 1 aromatic heterocycles. The van der Waals surface area contributed by atoms with E-state index in [-0.39, 0.29) is 28.9 Å². The van der Waals surface area contributed by atoms with Gasteiger partial charge in [-0.2, -0.15) is 18.2 Å². The quantitative estimate of drug-likeness (QED) is 0.289. The fourth-order valence-corrected chi connectivity index (χ4v) is 3.96. The zero-order valence-electron chi connectivity index (χ0n) is 21.3. The summed E-state index contributed by atoms with van der Waals surface area (Å²) in [5.74, 6) is -0.0445. The van der Waals surface area contributed by atoms with Crippen LogP contribution in [0.2, 0.25) is 0 Å². The van der Waals surface area contributed by atoms with Crippen molar-refractivity contribution in [1.29, 1.82) is 0 Å². The molecular formula is C29H27F3N4O3. The van der Waals surface area contributed by atoms with Gasteiger partial charge in [0.15, 0.2) is 0 Å². The minimum Gasteiger partial charge on any atom is -0.497 e. The highest BCUT2D eigenvalue weighted by atomic mass is 19.4. The summed E-state index contributed by atoms with van der Waals surface area (Å²) in [7, 11) is 1.54. The number of alkyl halides is 3. The summed E-state index contributed by atoms with van der Waals surface area (Å²) >= 11 is 0. The van der Waals surface area contributed by atoms with E-state index >= 15 is 0 Å². The minimum absolute atomic E-state index is 0.0981. The summed E-state index contributed by atoms with van der Waals surface area (Å²) in [6.07, 6.45) is -6.65. The Morgan fingerprint density at radius 1 is 0.923 bits per heavy atom. The maximum absolute atomic E-state index is 14.1. The van der Waals surface area contributed by atoms with Crippen LogP contribution in [0.1, 0.15) is 24.2 Å². The van der Waals surface area contributed by atoms with Crippen molar-refractivity contribution in [1.82, 2.24) is 9.97 Å². The number of aromatic nitrogens is 2. The van der Waals surface area contributed by atoms with Crippen LogP contribution >= 0.6 is 0 Å². The Balaban J connectivity index is 1.58. The molecule has 4 N–H and O–H groups in total. The second kappa shape index (κ2) is 11.5. The topological polar surface area (TPSA) is 113 Å². The molecule has 10 heteroatoms. The molecule has 3 aromatic carbocycles. The van der Waals surface area contributed by atoms with Gasteiger partial charge < -0.3 is 20.9 Å². The number of carbonyl (C=O) groups excluding carboxylic acids is 1. The zero-order valence-corrected chi connectivity index (χ0v) is 21.3. The van der Waals surface area contributed by atoms with Gasteiger partial charge in [-0.05, 0) is 42.2 Å². The first-order valence-corrected chi connectivity index (χ1v) is 12.0. The van der Waals surface area contributed by atoms with Crippen LogP contribution in [0.5, 0.6) is 11.6 Å². The molecule has 1 heterocycles. The number of halogens is 3. The molecule has 0 radical (unpaired) electrons. The molecule has 0 aliphatic carbocycles. The third kappa shape index (κ3) is 6.91. The molecule has 0 aliphatic rings. The van der Waals surface area contributed by atoms with E-state index in [0.29, 0.717) is 17.7 Å². The van der Waals surface area contributed by atoms with Crippen LogP contribution in [0.25, 0.3) is 22.4 Å². The third-order valence-corrected chi connectivity index (χ3v) is 6.10. The third-order valence-electron chi connectivity index (χ3n) is 6.10. The van der Waals surface area contributed by atoms with Gasteiger partial charge in [-0.1, -0.05) is 60.7 Å². The number of ketones is 1. The SMILES string of the molecule is COc1cccc(-c2ccc([C@@H](Oc3cc(-c4ccc(C[C@H](N)C(C)=O)cc4)nc(N)n3)C(F)(F)F)cc2)c1. The van der Waals surface area contributed by atoms with Crippen molar-refractivity contribution in [3.05, 3.63) is 90.0 Å². The molecule has 0 fully saturated rings. The second-order valence-electron chi connectivity index (χ2n) is 8.96. The lowest BCUT2D eigenvalue weighted by molar-refractivity contribution is -0.198. The molecule has 0 bridgehead atoms. The Bertz CT molecular complexity index is 1440. The van der Waals surface area contributed by atoms with E-state index in [1.165, 1.54) is 25.1 Å². The second-order valence-corrected chi connectivity index (χ2v) is 8.96. The van der Waals surface area contributed by atoms with Crippen molar-refractivity contribution in [3.63, 3.8) is 0 Å². The minimum atomic E-state index is -4.73. The molecule has 7 nitrogen and oxygen atoms in total. The Morgan fingerprint density at radius 3 is 2.21 bits per heavy atom. The number of carbonyl (C=O) groups is 1.